The summed E-state index contributed by atoms with van der Waals surface area (Å²) in [5.41, 5.74) is 4.12. The van der Waals surface area contributed by atoms with Crippen LogP contribution in [-0.2, 0) is 6.42 Å². The predicted octanol–water partition coefficient (Wildman–Crippen LogP) is 4.28. The number of nitrogens with zero attached hydrogens (tertiary/aromatic N) is 1. The highest BCUT2D eigenvalue weighted by molar-refractivity contribution is 6.10. The zero-order valence-electron chi connectivity index (χ0n) is 11.8. The Morgan fingerprint density at radius 3 is 2.76 bits per heavy atom. The summed E-state index contributed by atoms with van der Waals surface area (Å²) in [5.74, 6) is 0.345. The molecule has 0 N–H and O–H groups in total. The molecular formula is C19H15NO. The summed E-state index contributed by atoms with van der Waals surface area (Å²) < 4.78 is 0. The first-order valence-electron chi connectivity index (χ1n) is 7.25. The topological polar surface area (TPSA) is 30.0 Å². The molecule has 1 aliphatic carbocycles. The van der Waals surface area contributed by atoms with Crippen molar-refractivity contribution in [2.24, 2.45) is 5.92 Å². The number of carbonyl (C=O) groups is 1. The van der Waals surface area contributed by atoms with Gasteiger partial charge in [0.1, 0.15) is 0 Å². The Labute approximate surface area is 123 Å². The summed E-state index contributed by atoms with van der Waals surface area (Å²) in [5, 5.41) is 2.25. The first-order chi connectivity index (χ1) is 10.3. The zero-order valence-corrected chi connectivity index (χ0v) is 11.8. The summed E-state index contributed by atoms with van der Waals surface area (Å²) in [6, 6.07) is 14.3. The number of Topliss-reactive ketones (excluding diaryl/α,β-unsaturated/α-hetero) is 1. The van der Waals surface area contributed by atoms with Gasteiger partial charge in [-0.15, -0.1) is 0 Å². The Balaban J connectivity index is 2.04. The number of benzene rings is 2. The molecule has 0 amide bonds. The fourth-order valence-corrected chi connectivity index (χ4v) is 3.29. The number of rotatable bonds is 1. The van der Waals surface area contributed by atoms with Crippen molar-refractivity contribution in [3.8, 4) is 11.1 Å². The first-order valence-corrected chi connectivity index (χ1v) is 7.25. The van der Waals surface area contributed by atoms with Crippen LogP contribution in [0.25, 0.3) is 21.9 Å². The lowest BCUT2D eigenvalue weighted by Gasteiger charge is -2.10. The van der Waals surface area contributed by atoms with E-state index in [0.717, 1.165) is 39.4 Å². The van der Waals surface area contributed by atoms with Crippen LogP contribution in [0.2, 0.25) is 0 Å². The fourth-order valence-electron chi connectivity index (χ4n) is 3.29. The molecule has 0 aliphatic heterocycles. The highest BCUT2D eigenvalue weighted by atomic mass is 16.1. The van der Waals surface area contributed by atoms with E-state index in [1.165, 1.54) is 0 Å². The van der Waals surface area contributed by atoms with Crippen molar-refractivity contribution in [1.82, 2.24) is 4.98 Å². The number of hydrogen-bond acceptors (Lipinski definition) is 2. The van der Waals surface area contributed by atoms with Crippen molar-refractivity contribution < 1.29 is 4.79 Å². The van der Waals surface area contributed by atoms with Crippen LogP contribution in [0.3, 0.4) is 0 Å². The van der Waals surface area contributed by atoms with Gasteiger partial charge in [-0.3, -0.25) is 9.78 Å². The molecule has 1 aromatic heterocycles. The summed E-state index contributed by atoms with van der Waals surface area (Å²) in [4.78, 5) is 16.9. The minimum absolute atomic E-state index is 0.0871. The van der Waals surface area contributed by atoms with Crippen LogP contribution in [0.1, 0.15) is 22.8 Å². The Morgan fingerprint density at radius 2 is 1.86 bits per heavy atom. The van der Waals surface area contributed by atoms with Gasteiger partial charge in [0.15, 0.2) is 5.78 Å². The van der Waals surface area contributed by atoms with Gasteiger partial charge in [-0.25, -0.2) is 0 Å². The molecule has 21 heavy (non-hydrogen) atoms. The maximum atomic E-state index is 12.5. The molecule has 1 unspecified atom stereocenters. The van der Waals surface area contributed by atoms with Gasteiger partial charge in [0.25, 0.3) is 0 Å². The molecule has 0 spiro atoms. The van der Waals surface area contributed by atoms with Crippen molar-refractivity contribution in [2.45, 2.75) is 13.3 Å². The SMILES string of the molecule is CC1Cc2cccc(-c3cncc4ccccc34)c2C1=O. The third-order valence-corrected chi connectivity index (χ3v) is 4.33. The Morgan fingerprint density at radius 1 is 1.00 bits per heavy atom. The monoisotopic (exact) mass is 273 g/mol. The lowest BCUT2D eigenvalue weighted by molar-refractivity contribution is 0.0947. The van der Waals surface area contributed by atoms with Gasteiger partial charge >= 0.3 is 0 Å². The maximum absolute atomic E-state index is 12.5. The molecule has 4 rings (SSSR count). The second kappa shape index (κ2) is 4.52. The molecule has 3 aromatic rings. The summed E-state index contributed by atoms with van der Waals surface area (Å²) in [6.45, 7) is 2.01. The molecule has 0 saturated carbocycles. The molecule has 1 heterocycles. The minimum Gasteiger partial charge on any atom is -0.294 e. The predicted molar refractivity (Wildman–Crippen MR) is 84.4 cm³/mol. The van der Waals surface area contributed by atoms with Gasteiger partial charge in [-0.05, 0) is 22.9 Å². The molecule has 2 heteroatoms. The van der Waals surface area contributed by atoms with E-state index in [4.69, 9.17) is 0 Å². The normalized spacial score (nSPS) is 17.2. The average Bonchev–Trinajstić information content (AvgIpc) is 2.82. The lowest BCUT2D eigenvalue weighted by atomic mass is 9.94. The Hall–Kier alpha value is -2.48. The Bertz CT molecular complexity index is 861. The van der Waals surface area contributed by atoms with Crippen molar-refractivity contribution in [3.05, 3.63) is 66.0 Å². The van der Waals surface area contributed by atoms with E-state index in [0.29, 0.717) is 0 Å². The van der Waals surface area contributed by atoms with E-state index in [1.54, 1.807) is 0 Å². The quantitative estimate of drug-likeness (QED) is 0.662. The van der Waals surface area contributed by atoms with E-state index in [-0.39, 0.29) is 11.7 Å². The molecular weight excluding hydrogens is 258 g/mol. The fraction of sp³-hybridized carbons (Fsp3) is 0.158. The molecule has 1 aliphatic rings. The van der Waals surface area contributed by atoms with Crippen LogP contribution in [0.15, 0.2) is 54.9 Å². The van der Waals surface area contributed by atoms with E-state index < -0.39 is 0 Å². The number of aromatic nitrogens is 1. The number of carbonyl (C=O) groups excluding carboxylic acids is 1. The number of fused-ring (bicyclic) bond motifs is 2. The van der Waals surface area contributed by atoms with Crippen LogP contribution in [-0.4, -0.2) is 10.8 Å². The van der Waals surface area contributed by atoms with Crippen LogP contribution in [0.5, 0.6) is 0 Å². The van der Waals surface area contributed by atoms with Crippen molar-refractivity contribution >= 4 is 16.6 Å². The van der Waals surface area contributed by atoms with Gasteiger partial charge in [0, 0.05) is 34.8 Å². The van der Waals surface area contributed by atoms with Crippen molar-refractivity contribution in [1.29, 1.82) is 0 Å². The number of ketones is 1. The largest absolute Gasteiger partial charge is 0.294 e. The summed E-state index contributed by atoms with van der Waals surface area (Å²) in [6.07, 6.45) is 4.58. The van der Waals surface area contributed by atoms with E-state index >= 15 is 0 Å². The molecule has 0 bridgehead atoms. The van der Waals surface area contributed by atoms with Crippen molar-refractivity contribution in [2.75, 3.05) is 0 Å². The molecule has 2 nitrogen and oxygen atoms in total. The average molecular weight is 273 g/mol. The lowest BCUT2D eigenvalue weighted by Crippen LogP contribution is -2.04. The standard InChI is InChI=1S/C19H15NO/c1-12-9-13-6-4-8-16(18(13)19(12)21)17-11-20-10-14-5-2-3-7-15(14)17/h2-8,10-12H,9H2,1H3. The van der Waals surface area contributed by atoms with Crippen LogP contribution < -0.4 is 0 Å². The Kier molecular flexibility index (Phi) is 2.64. The van der Waals surface area contributed by atoms with Crippen LogP contribution >= 0.6 is 0 Å². The molecule has 0 fully saturated rings. The van der Waals surface area contributed by atoms with Gasteiger partial charge in [0.2, 0.25) is 0 Å². The highest BCUT2D eigenvalue weighted by Gasteiger charge is 2.29. The molecule has 102 valence electrons. The summed E-state index contributed by atoms with van der Waals surface area (Å²) >= 11 is 0. The van der Waals surface area contributed by atoms with Gasteiger partial charge < -0.3 is 0 Å². The van der Waals surface area contributed by atoms with E-state index in [9.17, 15) is 4.79 Å². The summed E-state index contributed by atoms with van der Waals surface area (Å²) in [7, 11) is 0. The number of hydrogen-bond donors (Lipinski definition) is 0. The third-order valence-electron chi connectivity index (χ3n) is 4.33. The smallest absolute Gasteiger partial charge is 0.166 e. The van der Waals surface area contributed by atoms with E-state index in [1.807, 2.05) is 43.6 Å². The van der Waals surface area contributed by atoms with Gasteiger partial charge in [0.05, 0.1) is 0 Å². The second-order valence-corrected chi connectivity index (χ2v) is 5.72. The van der Waals surface area contributed by atoms with Crippen molar-refractivity contribution in [3.63, 3.8) is 0 Å². The van der Waals surface area contributed by atoms with Crippen LogP contribution in [0, 0.1) is 5.92 Å². The van der Waals surface area contributed by atoms with Gasteiger partial charge in [-0.1, -0.05) is 49.4 Å². The first kappa shape index (κ1) is 12.3. The molecule has 1 atom stereocenters. The molecule has 2 aromatic carbocycles. The minimum atomic E-state index is 0.0871. The maximum Gasteiger partial charge on any atom is 0.166 e. The van der Waals surface area contributed by atoms with Gasteiger partial charge in [-0.2, -0.15) is 0 Å². The molecule has 0 saturated heterocycles. The second-order valence-electron chi connectivity index (χ2n) is 5.72. The highest BCUT2D eigenvalue weighted by Crippen LogP contribution is 2.37. The number of pyridine rings is 1. The zero-order chi connectivity index (χ0) is 14.4. The molecule has 0 radical (unpaired) electrons. The van der Waals surface area contributed by atoms with Crippen LogP contribution in [0.4, 0.5) is 0 Å². The third kappa shape index (κ3) is 1.79. The van der Waals surface area contributed by atoms with E-state index in [2.05, 4.69) is 23.2 Å².